The Balaban J connectivity index is 1.68. The van der Waals surface area contributed by atoms with Gasteiger partial charge in [-0.2, -0.15) is 0 Å². The van der Waals surface area contributed by atoms with E-state index >= 15 is 0 Å². The van der Waals surface area contributed by atoms with Crippen LogP contribution in [-0.4, -0.2) is 34.7 Å². The minimum absolute atomic E-state index is 0.0386. The lowest BCUT2D eigenvalue weighted by Gasteiger charge is -2.32. The summed E-state index contributed by atoms with van der Waals surface area (Å²) in [4.78, 5) is 32.1. The number of amides is 1. The van der Waals surface area contributed by atoms with E-state index in [0.29, 0.717) is 35.9 Å². The highest BCUT2D eigenvalue weighted by Crippen LogP contribution is 2.26. The molecule has 3 rings (SSSR count). The molecule has 25 heavy (non-hydrogen) atoms. The molecule has 1 aromatic carbocycles. The third-order valence-electron chi connectivity index (χ3n) is 4.63. The molecule has 0 radical (unpaired) electrons. The first-order valence-corrected chi connectivity index (χ1v) is 9.51. The highest BCUT2D eigenvalue weighted by molar-refractivity contribution is 7.17. The van der Waals surface area contributed by atoms with E-state index in [2.05, 4.69) is 4.98 Å². The van der Waals surface area contributed by atoms with Crippen molar-refractivity contribution in [1.29, 1.82) is 0 Å². The molecule has 1 amide bonds. The zero-order chi connectivity index (χ0) is 17.8. The molecular weight excluding hydrogens is 334 g/mol. The van der Waals surface area contributed by atoms with Crippen molar-refractivity contribution in [2.75, 3.05) is 18.8 Å². The molecule has 0 saturated carbocycles. The minimum Gasteiger partial charge on any atom is -0.375 e. The average Bonchev–Trinajstić information content (AvgIpc) is 3.03. The Kier molecular flexibility index (Phi) is 5.48. The summed E-state index contributed by atoms with van der Waals surface area (Å²) in [6.07, 6.45) is 2.81. The lowest BCUT2D eigenvalue weighted by atomic mass is 9.90. The van der Waals surface area contributed by atoms with E-state index < -0.39 is 0 Å². The van der Waals surface area contributed by atoms with Gasteiger partial charge in [-0.05, 0) is 24.8 Å². The first-order valence-electron chi connectivity index (χ1n) is 8.69. The number of aryl methyl sites for hydroxylation is 1. The third kappa shape index (κ3) is 4.07. The number of anilines is 1. The summed E-state index contributed by atoms with van der Waals surface area (Å²) < 4.78 is 0. The molecule has 132 valence electrons. The smallest absolute Gasteiger partial charge is 0.265 e. The number of rotatable bonds is 5. The van der Waals surface area contributed by atoms with Crippen LogP contribution in [0, 0.1) is 5.92 Å². The summed E-state index contributed by atoms with van der Waals surface area (Å²) in [6, 6.07) is 9.77. The van der Waals surface area contributed by atoms with Crippen molar-refractivity contribution in [3.8, 4) is 0 Å². The van der Waals surface area contributed by atoms with E-state index in [1.807, 2.05) is 37.3 Å². The summed E-state index contributed by atoms with van der Waals surface area (Å²) in [5, 5.41) is 0.425. The van der Waals surface area contributed by atoms with Crippen LogP contribution >= 0.6 is 11.3 Å². The number of carbonyl (C=O) groups excluding carboxylic acids is 2. The van der Waals surface area contributed by atoms with Crippen molar-refractivity contribution in [2.45, 2.75) is 32.6 Å². The fraction of sp³-hybridized carbons (Fsp3) is 0.421. The number of piperidine rings is 1. The number of Topliss-reactive ketones (excluding diaryl/α,β-unsaturated/α-hetero) is 1. The van der Waals surface area contributed by atoms with Gasteiger partial charge in [-0.15, -0.1) is 0 Å². The monoisotopic (exact) mass is 357 g/mol. The van der Waals surface area contributed by atoms with Crippen molar-refractivity contribution in [3.05, 3.63) is 46.5 Å². The molecule has 1 aliphatic heterocycles. The fourth-order valence-electron chi connectivity index (χ4n) is 3.29. The van der Waals surface area contributed by atoms with Gasteiger partial charge in [0.2, 0.25) is 0 Å². The van der Waals surface area contributed by atoms with Gasteiger partial charge in [-0.1, -0.05) is 48.6 Å². The van der Waals surface area contributed by atoms with Gasteiger partial charge in [0, 0.05) is 25.4 Å². The lowest BCUT2D eigenvalue weighted by molar-refractivity contribution is -0.123. The van der Waals surface area contributed by atoms with Gasteiger partial charge >= 0.3 is 0 Å². The molecule has 2 heterocycles. The number of nitrogens with two attached hydrogens (primary N) is 1. The van der Waals surface area contributed by atoms with Gasteiger partial charge in [-0.3, -0.25) is 9.59 Å². The highest BCUT2D eigenvalue weighted by Gasteiger charge is 2.30. The van der Waals surface area contributed by atoms with Gasteiger partial charge in [0.25, 0.3) is 5.91 Å². The van der Waals surface area contributed by atoms with Crippen molar-refractivity contribution in [3.63, 3.8) is 0 Å². The minimum atomic E-state index is -0.0896. The lowest BCUT2D eigenvalue weighted by Crippen LogP contribution is -2.42. The SMILES string of the molecule is CCc1nc(N)sc1C(=O)N1CCCC(C(=O)Cc2ccccc2)C1. The number of nitrogens with zero attached hydrogens (tertiary/aromatic N) is 2. The van der Waals surface area contributed by atoms with Crippen LogP contribution in [0.1, 0.15) is 40.7 Å². The van der Waals surface area contributed by atoms with Crippen molar-refractivity contribution in [1.82, 2.24) is 9.88 Å². The molecule has 2 aromatic rings. The van der Waals surface area contributed by atoms with E-state index in [1.165, 1.54) is 11.3 Å². The summed E-state index contributed by atoms with van der Waals surface area (Å²) in [7, 11) is 0. The molecule has 1 aromatic heterocycles. The van der Waals surface area contributed by atoms with Gasteiger partial charge in [-0.25, -0.2) is 4.98 Å². The summed E-state index contributed by atoms with van der Waals surface area (Å²) >= 11 is 1.24. The van der Waals surface area contributed by atoms with Crippen molar-refractivity contribution < 1.29 is 9.59 Å². The zero-order valence-electron chi connectivity index (χ0n) is 14.4. The first kappa shape index (κ1) is 17.6. The van der Waals surface area contributed by atoms with E-state index in [-0.39, 0.29) is 17.6 Å². The zero-order valence-corrected chi connectivity index (χ0v) is 15.2. The number of likely N-dealkylation sites (tertiary alicyclic amines) is 1. The Bertz CT molecular complexity index is 757. The summed E-state index contributed by atoms with van der Waals surface area (Å²) in [5.41, 5.74) is 7.55. The Labute approximate surface area is 151 Å². The van der Waals surface area contributed by atoms with E-state index in [0.717, 1.165) is 24.1 Å². The van der Waals surface area contributed by atoms with Gasteiger partial charge in [0.15, 0.2) is 5.13 Å². The van der Waals surface area contributed by atoms with Gasteiger partial charge in [0.1, 0.15) is 10.7 Å². The molecular formula is C19H23N3O2S. The molecule has 1 unspecified atom stereocenters. The number of thiazole rings is 1. The molecule has 5 nitrogen and oxygen atoms in total. The molecule has 6 heteroatoms. The number of hydrogen-bond donors (Lipinski definition) is 1. The first-order chi connectivity index (χ1) is 12.1. The van der Waals surface area contributed by atoms with Gasteiger partial charge in [0.05, 0.1) is 5.69 Å². The highest BCUT2D eigenvalue weighted by atomic mass is 32.1. The quantitative estimate of drug-likeness (QED) is 0.892. The van der Waals surface area contributed by atoms with Crippen LogP contribution in [0.3, 0.4) is 0 Å². The Hall–Kier alpha value is -2.21. The Morgan fingerprint density at radius 2 is 2.08 bits per heavy atom. The van der Waals surface area contributed by atoms with Crippen LogP contribution in [0.25, 0.3) is 0 Å². The predicted molar refractivity (Wildman–Crippen MR) is 99.7 cm³/mol. The van der Waals surface area contributed by atoms with Crippen LogP contribution in [-0.2, 0) is 17.6 Å². The molecule has 0 aliphatic carbocycles. The molecule has 1 atom stereocenters. The average molecular weight is 357 g/mol. The van der Waals surface area contributed by atoms with E-state index in [4.69, 9.17) is 5.73 Å². The van der Waals surface area contributed by atoms with Crippen LogP contribution in [0.4, 0.5) is 5.13 Å². The van der Waals surface area contributed by atoms with Crippen LogP contribution in [0.15, 0.2) is 30.3 Å². The molecule has 1 fully saturated rings. The standard InChI is InChI=1S/C19H23N3O2S/c1-2-15-17(25-19(20)21-15)18(24)22-10-6-9-14(12-22)16(23)11-13-7-4-3-5-8-13/h3-5,7-8,14H,2,6,9-12H2,1H3,(H2,20,21). The molecule has 1 aliphatic rings. The maximum atomic E-state index is 12.8. The number of nitrogen functional groups attached to an aromatic ring is 1. The third-order valence-corrected chi connectivity index (χ3v) is 5.54. The number of benzene rings is 1. The molecule has 0 spiro atoms. The summed E-state index contributed by atoms with van der Waals surface area (Å²) in [6.45, 7) is 3.15. The van der Waals surface area contributed by atoms with Crippen molar-refractivity contribution >= 4 is 28.2 Å². The summed E-state index contributed by atoms with van der Waals surface area (Å²) in [5.74, 6) is 0.0831. The second kappa shape index (κ2) is 7.78. The Morgan fingerprint density at radius 1 is 1.32 bits per heavy atom. The number of carbonyl (C=O) groups is 2. The fourth-order valence-corrected chi connectivity index (χ4v) is 4.18. The van der Waals surface area contributed by atoms with Crippen LogP contribution < -0.4 is 5.73 Å². The van der Waals surface area contributed by atoms with Crippen LogP contribution in [0.2, 0.25) is 0 Å². The molecule has 2 N–H and O–H groups in total. The Morgan fingerprint density at radius 3 is 2.80 bits per heavy atom. The normalized spacial score (nSPS) is 17.5. The second-order valence-electron chi connectivity index (χ2n) is 6.40. The van der Waals surface area contributed by atoms with E-state index in [9.17, 15) is 9.59 Å². The number of ketones is 1. The predicted octanol–water partition coefficient (Wildman–Crippen LogP) is 2.95. The number of hydrogen-bond acceptors (Lipinski definition) is 5. The van der Waals surface area contributed by atoms with E-state index in [1.54, 1.807) is 4.90 Å². The largest absolute Gasteiger partial charge is 0.375 e. The van der Waals surface area contributed by atoms with Gasteiger partial charge < -0.3 is 10.6 Å². The molecule has 0 bridgehead atoms. The maximum absolute atomic E-state index is 12.8. The second-order valence-corrected chi connectivity index (χ2v) is 7.43. The maximum Gasteiger partial charge on any atom is 0.265 e. The number of aromatic nitrogens is 1. The van der Waals surface area contributed by atoms with Crippen LogP contribution in [0.5, 0.6) is 0 Å². The van der Waals surface area contributed by atoms with Crippen molar-refractivity contribution in [2.24, 2.45) is 5.92 Å². The topological polar surface area (TPSA) is 76.3 Å². The molecule has 1 saturated heterocycles.